The molecule has 1 aromatic carbocycles. The topological polar surface area (TPSA) is 70.2 Å². The summed E-state index contributed by atoms with van der Waals surface area (Å²) in [5.74, 6) is -0.198. The lowest BCUT2D eigenvalue weighted by molar-refractivity contribution is -0.120. The SMILES string of the molecule is CCCCCC(C)NC(=O)CNc1ccccc1NC(=O)c1cccs1. The zero-order chi connectivity index (χ0) is 18.8. The van der Waals surface area contributed by atoms with Crippen molar-refractivity contribution in [3.8, 4) is 0 Å². The maximum Gasteiger partial charge on any atom is 0.265 e. The molecule has 6 heteroatoms. The second-order valence-corrected chi connectivity index (χ2v) is 7.24. The van der Waals surface area contributed by atoms with E-state index in [1.807, 2.05) is 42.6 Å². The highest BCUT2D eigenvalue weighted by Gasteiger charge is 2.11. The highest BCUT2D eigenvalue weighted by atomic mass is 32.1. The molecule has 0 spiro atoms. The monoisotopic (exact) mass is 373 g/mol. The van der Waals surface area contributed by atoms with Crippen LogP contribution in [0.5, 0.6) is 0 Å². The number of rotatable bonds is 10. The van der Waals surface area contributed by atoms with E-state index in [2.05, 4.69) is 22.9 Å². The summed E-state index contributed by atoms with van der Waals surface area (Å²) in [5, 5.41) is 10.9. The summed E-state index contributed by atoms with van der Waals surface area (Å²) in [4.78, 5) is 25.0. The minimum Gasteiger partial charge on any atom is -0.374 e. The molecular weight excluding hydrogens is 346 g/mol. The number of para-hydroxylation sites is 2. The smallest absolute Gasteiger partial charge is 0.265 e. The molecule has 1 unspecified atom stereocenters. The zero-order valence-electron chi connectivity index (χ0n) is 15.4. The summed E-state index contributed by atoms with van der Waals surface area (Å²) in [5.41, 5.74) is 1.39. The second-order valence-electron chi connectivity index (χ2n) is 6.29. The predicted octanol–water partition coefficient (Wildman–Crippen LogP) is 4.50. The molecule has 0 radical (unpaired) electrons. The number of thiophene rings is 1. The third kappa shape index (κ3) is 6.52. The van der Waals surface area contributed by atoms with Crippen molar-refractivity contribution in [1.82, 2.24) is 5.32 Å². The molecule has 0 aliphatic carbocycles. The Kier molecular flexibility index (Phi) is 8.15. The first-order chi connectivity index (χ1) is 12.6. The molecule has 2 aromatic rings. The van der Waals surface area contributed by atoms with Crippen LogP contribution in [-0.2, 0) is 4.79 Å². The molecule has 1 aromatic heterocycles. The van der Waals surface area contributed by atoms with Crippen molar-refractivity contribution >= 4 is 34.5 Å². The van der Waals surface area contributed by atoms with E-state index in [4.69, 9.17) is 0 Å². The molecule has 0 saturated heterocycles. The summed E-state index contributed by atoms with van der Waals surface area (Å²) >= 11 is 1.39. The number of carbonyl (C=O) groups excluding carboxylic acids is 2. The number of anilines is 2. The Bertz CT molecular complexity index is 701. The molecule has 2 rings (SSSR count). The van der Waals surface area contributed by atoms with Gasteiger partial charge < -0.3 is 16.0 Å². The summed E-state index contributed by atoms with van der Waals surface area (Å²) in [6, 6.07) is 11.2. The maximum absolute atomic E-state index is 12.2. The Balaban J connectivity index is 1.85. The summed E-state index contributed by atoms with van der Waals surface area (Å²) in [6.45, 7) is 4.37. The molecule has 1 heterocycles. The molecule has 0 aliphatic rings. The Morgan fingerprint density at radius 3 is 2.54 bits per heavy atom. The fraction of sp³-hybridized carbons (Fsp3) is 0.400. The van der Waals surface area contributed by atoms with Gasteiger partial charge in [-0.3, -0.25) is 9.59 Å². The van der Waals surface area contributed by atoms with Crippen LogP contribution in [0.1, 0.15) is 49.2 Å². The minimum absolute atomic E-state index is 0.0478. The van der Waals surface area contributed by atoms with Crippen LogP contribution in [0.3, 0.4) is 0 Å². The number of unbranched alkanes of at least 4 members (excludes halogenated alkanes) is 2. The maximum atomic E-state index is 12.2. The van der Waals surface area contributed by atoms with Gasteiger partial charge in [-0.2, -0.15) is 0 Å². The Morgan fingerprint density at radius 2 is 1.85 bits per heavy atom. The molecule has 0 saturated carbocycles. The molecule has 5 nitrogen and oxygen atoms in total. The van der Waals surface area contributed by atoms with Crippen LogP contribution in [0, 0.1) is 0 Å². The number of benzene rings is 1. The van der Waals surface area contributed by atoms with Crippen molar-refractivity contribution in [3.63, 3.8) is 0 Å². The van der Waals surface area contributed by atoms with Crippen molar-refractivity contribution in [3.05, 3.63) is 46.7 Å². The molecule has 0 fully saturated rings. The largest absolute Gasteiger partial charge is 0.374 e. The van der Waals surface area contributed by atoms with Gasteiger partial charge in [0.05, 0.1) is 22.8 Å². The predicted molar refractivity (Wildman–Crippen MR) is 109 cm³/mol. The molecule has 0 aliphatic heterocycles. The fourth-order valence-corrected chi connectivity index (χ4v) is 3.23. The summed E-state index contributed by atoms with van der Waals surface area (Å²) in [6.07, 6.45) is 4.49. The average molecular weight is 374 g/mol. The molecule has 2 amide bonds. The third-order valence-electron chi connectivity index (χ3n) is 4.01. The van der Waals surface area contributed by atoms with Crippen molar-refractivity contribution in [1.29, 1.82) is 0 Å². The van der Waals surface area contributed by atoms with Gasteiger partial charge in [-0.15, -0.1) is 11.3 Å². The van der Waals surface area contributed by atoms with Gasteiger partial charge in [0.2, 0.25) is 5.91 Å². The van der Waals surface area contributed by atoms with Gasteiger partial charge in [-0.25, -0.2) is 0 Å². The fourth-order valence-electron chi connectivity index (χ4n) is 2.61. The Labute approximate surface area is 159 Å². The number of nitrogens with one attached hydrogen (secondary N) is 3. The number of amides is 2. The van der Waals surface area contributed by atoms with Gasteiger partial charge in [-0.1, -0.05) is 44.4 Å². The zero-order valence-corrected chi connectivity index (χ0v) is 16.2. The van der Waals surface area contributed by atoms with E-state index in [1.165, 1.54) is 24.2 Å². The van der Waals surface area contributed by atoms with Gasteiger partial charge in [0.1, 0.15) is 0 Å². The van der Waals surface area contributed by atoms with E-state index < -0.39 is 0 Å². The van der Waals surface area contributed by atoms with E-state index in [9.17, 15) is 9.59 Å². The number of hydrogen-bond donors (Lipinski definition) is 3. The van der Waals surface area contributed by atoms with Gasteiger partial charge in [0, 0.05) is 6.04 Å². The molecule has 26 heavy (non-hydrogen) atoms. The molecule has 1 atom stereocenters. The van der Waals surface area contributed by atoms with E-state index in [1.54, 1.807) is 6.07 Å². The highest BCUT2D eigenvalue weighted by Crippen LogP contribution is 2.22. The summed E-state index contributed by atoms with van der Waals surface area (Å²) < 4.78 is 0. The first kappa shape index (κ1) is 20.0. The van der Waals surface area contributed by atoms with Crippen LogP contribution < -0.4 is 16.0 Å². The van der Waals surface area contributed by atoms with Gasteiger partial charge >= 0.3 is 0 Å². The lowest BCUT2D eigenvalue weighted by atomic mass is 10.1. The van der Waals surface area contributed by atoms with Gasteiger partial charge in [-0.05, 0) is 36.9 Å². The average Bonchev–Trinajstić information content (AvgIpc) is 3.16. The van der Waals surface area contributed by atoms with Crippen LogP contribution in [0.25, 0.3) is 0 Å². The summed E-state index contributed by atoms with van der Waals surface area (Å²) in [7, 11) is 0. The van der Waals surface area contributed by atoms with E-state index in [0.717, 1.165) is 18.5 Å². The highest BCUT2D eigenvalue weighted by molar-refractivity contribution is 7.12. The van der Waals surface area contributed by atoms with Crippen molar-refractivity contribution < 1.29 is 9.59 Å². The first-order valence-electron chi connectivity index (χ1n) is 9.07. The van der Waals surface area contributed by atoms with Crippen LogP contribution >= 0.6 is 11.3 Å². The van der Waals surface area contributed by atoms with Gasteiger partial charge in [0.25, 0.3) is 5.91 Å². The quantitative estimate of drug-likeness (QED) is 0.537. The lowest BCUT2D eigenvalue weighted by Crippen LogP contribution is -2.36. The van der Waals surface area contributed by atoms with E-state index in [-0.39, 0.29) is 24.4 Å². The number of carbonyl (C=O) groups is 2. The normalized spacial score (nSPS) is 11.6. The Hall–Kier alpha value is -2.34. The first-order valence-corrected chi connectivity index (χ1v) is 9.95. The van der Waals surface area contributed by atoms with Gasteiger partial charge in [0.15, 0.2) is 0 Å². The molecule has 3 N–H and O–H groups in total. The van der Waals surface area contributed by atoms with Crippen molar-refractivity contribution in [2.24, 2.45) is 0 Å². The van der Waals surface area contributed by atoms with Crippen LogP contribution in [0.15, 0.2) is 41.8 Å². The molecule has 0 bridgehead atoms. The minimum atomic E-state index is -0.150. The third-order valence-corrected chi connectivity index (χ3v) is 4.88. The van der Waals surface area contributed by atoms with Crippen LogP contribution in [0.2, 0.25) is 0 Å². The van der Waals surface area contributed by atoms with Crippen LogP contribution in [0.4, 0.5) is 11.4 Å². The van der Waals surface area contributed by atoms with Crippen molar-refractivity contribution in [2.75, 3.05) is 17.2 Å². The van der Waals surface area contributed by atoms with E-state index >= 15 is 0 Å². The molecule has 140 valence electrons. The van der Waals surface area contributed by atoms with E-state index in [0.29, 0.717) is 10.6 Å². The Morgan fingerprint density at radius 1 is 1.08 bits per heavy atom. The number of hydrogen-bond acceptors (Lipinski definition) is 4. The molecular formula is C20H27N3O2S. The second kappa shape index (κ2) is 10.6. The standard InChI is InChI=1S/C20H27N3O2S/c1-3-4-5-9-15(2)22-19(24)14-21-16-10-6-7-11-17(16)23-20(25)18-12-8-13-26-18/h6-8,10-13,15,21H,3-5,9,14H2,1-2H3,(H,22,24)(H,23,25). The lowest BCUT2D eigenvalue weighted by Gasteiger charge is -2.16. The van der Waals surface area contributed by atoms with Crippen molar-refractivity contribution in [2.45, 2.75) is 45.6 Å². The van der Waals surface area contributed by atoms with Crippen LogP contribution in [-0.4, -0.2) is 24.4 Å².